The van der Waals surface area contributed by atoms with E-state index in [2.05, 4.69) is 16.0 Å². The van der Waals surface area contributed by atoms with Gasteiger partial charge in [-0.15, -0.1) is 11.3 Å². The van der Waals surface area contributed by atoms with Crippen molar-refractivity contribution in [3.63, 3.8) is 0 Å². The average Bonchev–Trinajstić information content (AvgIpc) is 3.30. The Hall–Kier alpha value is -2.38. The Morgan fingerprint density at radius 1 is 1.27 bits per heavy atom. The molecule has 3 aromatic rings. The van der Waals surface area contributed by atoms with E-state index in [1.165, 1.54) is 11.3 Å². The first-order valence-corrected chi connectivity index (χ1v) is 9.49. The SMILES string of the molecule is COc1ccc([C@@H]2CCCN2Cc2cc(=O)n3ccsc3n2)c(OC)c1. The summed E-state index contributed by atoms with van der Waals surface area (Å²) < 4.78 is 12.5. The molecule has 1 fully saturated rings. The maximum absolute atomic E-state index is 12.2. The van der Waals surface area contributed by atoms with E-state index in [1.54, 1.807) is 30.9 Å². The number of fused-ring (bicyclic) bond motifs is 1. The second kappa shape index (κ2) is 7.09. The Labute approximate surface area is 155 Å². The van der Waals surface area contributed by atoms with Gasteiger partial charge in [0.1, 0.15) is 11.5 Å². The molecule has 1 aliphatic heterocycles. The van der Waals surface area contributed by atoms with Crippen molar-refractivity contribution < 1.29 is 9.47 Å². The Kier molecular flexibility index (Phi) is 4.65. The summed E-state index contributed by atoms with van der Waals surface area (Å²) >= 11 is 1.48. The molecule has 0 saturated carbocycles. The van der Waals surface area contributed by atoms with E-state index in [9.17, 15) is 4.79 Å². The van der Waals surface area contributed by atoms with Gasteiger partial charge in [-0.25, -0.2) is 4.98 Å². The number of hydrogen-bond acceptors (Lipinski definition) is 6. The van der Waals surface area contributed by atoms with Crippen LogP contribution in [0.15, 0.2) is 40.6 Å². The highest BCUT2D eigenvalue weighted by molar-refractivity contribution is 7.15. The minimum atomic E-state index is -0.0241. The molecule has 0 spiro atoms. The first kappa shape index (κ1) is 17.1. The van der Waals surface area contributed by atoms with Crippen molar-refractivity contribution in [3.05, 3.63) is 57.5 Å². The number of hydrogen-bond donors (Lipinski definition) is 0. The molecule has 26 heavy (non-hydrogen) atoms. The Bertz CT molecular complexity index is 982. The predicted molar refractivity (Wildman–Crippen MR) is 101 cm³/mol. The zero-order valence-corrected chi connectivity index (χ0v) is 15.7. The predicted octanol–water partition coefficient (Wildman–Crippen LogP) is 3.11. The third-order valence-electron chi connectivity index (χ3n) is 4.88. The highest BCUT2D eigenvalue weighted by atomic mass is 32.1. The molecular weight excluding hydrogens is 350 g/mol. The second-order valence-corrected chi connectivity index (χ2v) is 7.25. The summed E-state index contributed by atoms with van der Waals surface area (Å²) in [4.78, 5) is 20.0. The average molecular weight is 371 g/mol. The smallest absolute Gasteiger partial charge is 0.258 e. The lowest BCUT2D eigenvalue weighted by molar-refractivity contribution is 0.240. The van der Waals surface area contributed by atoms with Gasteiger partial charge in [-0.05, 0) is 25.5 Å². The fourth-order valence-electron chi connectivity index (χ4n) is 3.64. The summed E-state index contributed by atoms with van der Waals surface area (Å²) in [6.45, 7) is 1.63. The molecule has 1 aromatic carbocycles. The summed E-state index contributed by atoms with van der Waals surface area (Å²) in [6, 6.07) is 7.86. The first-order valence-electron chi connectivity index (χ1n) is 8.61. The van der Waals surface area contributed by atoms with Crippen LogP contribution in [0.1, 0.15) is 30.1 Å². The van der Waals surface area contributed by atoms with E-state index in [0.29, 0.717) is 6.54 Å². The maximum Gasteiger partial charge on any atom is 0.258 e. The van der Waals surface area contributed by atoms with Crippen LogP contribution in [0.2, 0.25) is 0 Å². The molecule has 0 radical (unpaired) electrons. The molecule has 0 aliphatic carbocycles. The van der Waals surface area contributed by atoms with E-state index >= 15 is 0 Å². The van der Waals surface area contributed by atoms with Crippen LogP contribution in [-0.2, 0) is 6.54 Å². The van der Waals surface area contributed by atoms with Crippen LogP contribution in [0.3, 0.4) is 0 Å². The minimum Gasteiger partial charge on any atom is -0.497 e. The third kappa shape index (κ3) is 3.08. The molecule has 1 saturated heterocycles. The number of ether oxygens (including phenoxy) is 2. The van der Waals surface area contributed by atoms with Gasteiger partial charge in [-0.2, -0.15) is 0 Å². The third-order valence-corrected chi connectivity index (χ3v) is 5.64. The van der Waals surface area contributed by atoms with Gasteiger partial charge in [0, 0.05) is 41.9 Å². The van der Waals surface area contributed by atoms with E-state index in [1.807, 2.05) is 17.5 Å². The van der Waals surface area contributed by atoms with Crippen molar-refractivity contribution >= 4 is 16.3 Å². The topological polar surface area (TPSA) is 56.1 Å². The summed E-state index contributed by atoms with van der Waals surface area (Å²) in [5.41, 5.74) is 1.94. The monoisotopic (exact) mass is 371 g/mol. The molecule has 1 atom stereocenters. The molecule has 4 rings (SSSR count). The molecule has 1 aliphatic rings. The van der Waals surface area contributed by atoms with E-state index in [-0.39, 0.29) is 11.6 Å². The number of aromatic nitrogens is 2. The molecule has 3 heterocycles. The summed E-state index contributed by atoms with van der Waals surface area (Å²) in [5, 5.41) is 1.88. The van der Waals surface area contributed by atoms with Crippen LogP contribution in [0.4, 0.5) is 0 Å². The number of methoxy groups -OCH3 is 2. The summed E-state index contributed by atoms with van der Waals surface area (Å²) in [5.74, 6) is 1.62. The minimum absolute atomic E-state index is 0.0241. The van der Waals surface area contributed by atoms with E-state index in [0.717, 1.165) is 47.1 Å². The molecule has 0 bridgehead atoms. The van der Waals surface area contributed by atoms with E-state index in [4.69, 9.17) is 9.47 Å². The summed E-state index contributed by atoms with van der Waals surface area (Å²) in [6.07, 6.45) is 3.93. The number of thiazole rings is 1. The molecule has 7 heteroatoms. The molecule has 6 nitrogen and oxygen atoms in total. The number of rotatable bonds is 5. The van der Waals surface area contributed by atoms with Crippen LogP contribution in [0, 0.1) is 0 Å². The molecule has 0 amide bonds. The highest BCUT2D eigenvalue weighted by Crippen LogP contribution is 2.39. The lowest BCUT2D eigenvalue weighted by Gasteiger charge is -2.26. The lowest BCUT2D eigenvalue weighted by Crippen LogP contribution is -2.25. The molecule has 136 valence electrons. The standard InChI is InChI=1S/C19H21N3O3S/c1-24-14-5-6-15(17(11-14)25-2)16-4-3-7-21(16)12-13-10-18(23)22-8-9-26-19(22)20-13/h5-6,8-11,16H,3-4,7,12H2,1-2H3/t16-/m0/s1. The van der Waals surface area contributed by atoms with Crippen molar-refractivity contribution in [2.75, 3.05) is 20.8 Å². The molecule has 0 N–H and O–H groups in total. The fourth-order valence-corrected chi connectivity index (χ4v) is 4.38. The van der Waals surface area contributed by atoms with Crippen molar-refractivity contribution in [1.82, 2.24) is 14.3 Å². The van der Waals surface area contributed by atoms with Crippen molar-refractivity contribution in [2.45, 2.75) is 25.4 Å². The van der Waals surface area contributed by atoms with Gasteiger partial charge < -0.3 is 9.47 Å². The summed E-state index contributed by atoms with van der Waals surface area (Å²) in [7, 11) is 3.34. The lowest BCUT2D eigenvalue weighted by atomic mass is 10.0. The second-order valence-electron chi connectivity index (χ2n) is 6.38. The van der Waals surface area contributed by atoms with Gasteiger partial charge >= 0.3 is 0 Å². The van der Waals surface area contributed by atoms with Gasteiger partial charge in [-0.3, -0.25) is 14.1 Å². The highest BCUT2D eigenvalue weighted by Gasteiger charge is 2.29. The Morgan fingerprint density at radius 3 is 2.96 bits per heavy atom. The largest absolute Gasteiger partial charge is 0.497 e. The number of benzene rings is 1. The van der Waals surface area contributed by atoms with Gasteiger partial charge in [0.15, 0.2) is 4.96 Å². The van der Waals surface area contributed by atoms with Crippen LogP contribution < -0.4 is 15.0 Å². The molecule has 2 aromatic heterocycles. The Balaban J connectivity index is 1.63. The van der Waals surface area contributed by atoms with Crippen LogP contribution in [0.5, 0.6) is 11.5 Å². The normalized spacial score (nSPS) is 17.7. The van der Waals surface area contributed by atoms with Crippen molar-refractivity contribution in [1.29, 1.82) is 0 Å². The van der Waals surface area contributed by atoms with Gasteiger partial charge in [0.2, 0.25) is 0 Å². The number of likely N-dealkylation sites (tertiary alicyclic amines) is 1. The van der Waals surface area contributed by atoms with Gasteiger partial charge in [0.05, 0.1) is 19.9 Å². The first-order chi connectivity index (χ1) is 12.7. The van der Waals surface area contributed by atoms with Crippen LogP contribution in [-0.4, -0.2) is 35.0 Å². The van der Waals surface area contributed by atoms with Crippen molar-refractivity contribution in [3.8, 4) is 11.5 Å². The molecular formula is C19H21N3O3S. The van der Waals surface area contributed by atoms with Crippen LogP contribution in [0.25, 0.3) is 4.96 Å². The van der Waals surface area contributed by atoms with Gasteiger partial charge in [0.25, 0.3) is 5.56 Å². The van der Waals surface area contributed by atoms with Crippen molar-refractivity contribution in [2.24, 2.45) is 0 Å². The van der Waals surface area contributed by atoms with Crippen LogP contribution >= 0.6 is 11.3 Å². The Morgan fingerprint density at radius 2 is 2.15 bits per heavy atom. The quantitative estimate of drug-likeness (QED) is 0.690. The van der Waals surface area contributed by atoms with Gasteiger partial charge in [-0.1, -0.05) is 6.07 Å². The van der Waals surface area contributed by atoms with E-state index < -0.39 is 0 Å². The molecule has 0 unspecified atom stereocenters. The number of nitrogens with zero attached hydrogens (tertiary/aromatic N) is 3. The zero-order valence-electron chi connectivity index (χ0n) is 14.8. The maximum atomic E-state index is 12.2. The fraction of sp³-hybridized carbons (Fsp3) is 0.368. The zero-order chi connectivity index (χ0) is 18.1.